The molecule has 0 unspecified atom stereocenters. The Bertz CT molecular complexity index is 1240. The van der Waals surface area contributed by atoms with Crippen LogP contribution < -0.4 is 9.46 Å². The molecule has 12 heteroatoms. The Kier molecular flexibility index (Phi) is 9.27. The number of methoxy groups -OCH3 is 1. The van der Waals surface area contributed by atoms with Crippen LogP contribution in [0.2, 0.25) is 0 Å². The molecule has 2 aromatic carbocycles. The summed E-state index contributed by atoms with van der Waals surface area (Å²) in [5, 5.41) is 11.2. The minimum Gasteiger partial charge on any atom is -0.497 e. The normalized spacial score (nSPS) is 13.5. The monoisotopic (exact) mass is 524 g/mol. The first kappa shape index (κ1) is 28.9. The van der Waals surface area contributed by atoms with Crippen LogP contribution in [0.15, 0.2) is 47.4 Å². The number of Topliss-reactive ketones (excluding diaryl/α,β-unsaturated/α-hetero) is 1. The summed E-state index contributed by atoms with van der Waals surface area (Å²) in [6.45, 7) is 6.18. The Labute approximate surface area is 209 Å². The van der Waals surface area contributed by atoms with Crippen LogP contribution >= 0.6 is 0 Å². The molecule has 0 aliphatic rings. The van der Waals surface area contributed by atoms with Crippen molar-refractivity contribution in [2.45, 2.75) is 57.1 Å². The third-order valence-electron chi connectivity index (χ3n) is 5.08. The molecule has 0 radical (unpaired) electrons. The highest BCUT2D eigenvalue weighted by atomic mass is 32.2. The van der Waals surface area contributed by atoms with Crippen LogP contribution in [-0.4, -0.2) is 43.8 Å². The van der Waals surface area contributed by atoms with Gasteiger partial charge in [0.15, 0.2) is 10.7 Å². The number of nitrogens with one attached hydrogen (secondary N) is 1. The molecule has 0 heterocycles. The molecule has 0 saturated heterocycles. The van der Waals surface area contributed by atoms with Crippen molar-refractivity contribution in [1.82, 2.24) is 4.72 Å². The van der Waals surface area contributed by atoms with E-state index >= 15 is 0 Å². The van der Waals surface area contributed by atoms with E-state index in [1.165, 1.54) is 38.3 Å². The number of rotatable bonds is 11. The van der Waals surface area contributed by atoms with Gasteiger partial charge >= 0.3 is 5.97 Å². The molecule has 0 aliphatic heterocycles. The van der Waals surface area contributed by atoms with E-state index in [4.69, 9.17) is 9.47 Å². The van der Waals surface area contributed by atoms with Crippen LogP contribution in [0, 0.1) is 21.8 Å². The molecule has 0 aromatic heterocycles. The third-order valence-corrected chi connectivity index (χ3v) is 6.67. The number of esters is 1. The summed E-state index contributed by atoms with van der Waals surface area (Å²) in [6.07, 6.45) is -0.638. The summed E-state index contributed by atoms with van der Waals surface area (Å²) in [4.78, 5) is 35.6. The third kappa shape index (κ3) is 7.82. The maximum atomic E-state index is 14.5. The molecule has 196 valence electrons. The first-order valence-corrected chi connectivity index (χ1v) is 12.5. The molecular formula is C24H29FN2O8S. The number of ether oxygens (including phenoxy) is 2. The van der Waals surface area contributed by atoms with E-state index in [1.807, 2.05) is 0 Å². The second kappa shape index (κ2) is 11.6. The van der Waals surface area contributed by atoms with Gasteiger partial charge in [-0.05, 0) is 51.8 Å². The Hall–Kier alpha value is -3.38. The van der Waals surface area contributed by atoms with Gasteiger partial charge in [-0.1, -0.05) is 18.2 Å². The number of carbonyl (C=O) groups excluding carboxylic acids is 2. The van der Waals surface area contributed by atoms with E-state index < -0.39 is 67.1 Å². The predicted octanol–water partition coefficient (Wildman–Crippen LogP) is 3.57. The number of hydrogen-bond donors (Lipinski definition) is 1. The lowest BCUT2D eigenvalue weighted by atomic mass is 9.92. The minimum atomic E-state index is -4.44. The number of nitrogens with zero attached hydrogens (tertiary/aromatic N) is 1. The topological polar surface area (TPSA) is 142 Å². The van der Waals surface area contributed by atoms with Crippen molar-refractivity contribution in [2.75, 3.05) is 7.11 Å². The Morgan fingerprint density at radius 2 is 1.81 bits per heavy atom. The zero-order valence-electron chi connectivity index (χ0n) is 20.6. The predicted molar refractivity (Wildman–Crippen MR) is 128 cm³/mol. The van der Waals surface area contributed by atoms with Crippen molar-refractivity contribution < 1.29 is 36.8 Å². The van der Waals surface area contributed by atoms with Gasteiger partial charge in [0.2, 0.25) is 10.0 Å². The first-order chi connectivity index (χ1) is 16.6. The van der Waals surface area contributed by atoms with Gasteiger partial charge in [-0.15, -0.1) is 0 Å². The maximum absolute atomic E-state index is 14.5. The van der Waals surface area contributed by atoms with E-state index in [0.29, 0.717) is 0 Å². The lowest BCUT2D eigenvalue weighted by molar-refractivity contribution is -0.387. The van der Waals surface area contributed by atoms with Crippen LogP contribution in [0.5, 0.6) is 5.75 Å². The zero-order valence-corrected chi connectivity index (χ0v) is 21.4. The number of carbonyl (C=O) groups is 2. The minimum absolute atomic E-state index is 0.146. The second-order valence-electron chi connectivity index (χ2n) is 9.13. The van der Waals surface area contributed by atoms with Crippen LogP contribution in [0.4, 0.5) is 10.1 Å². The molecule has 0 spiro atoms. The summed E-state index contributed by atoms with van der Waals surface area (Å²) in [5.41, 5.74) is -1.38. The molecule has 0 fully saturated rings. The summed E-state index contributed by atoms with van der Waals surface area (Å²) in [5.74, 6) is -2.90. The fraction of sp³-hybridized carbons (Fsp3) is 0.417. The number of ketones is 1. The number of sulfonamides is 1. The largest absolute Gasteiger partial charge is 0.497 e. The van der Waals surface area contributed by atoms with E-state index in [9.17, 15) is 32.5 Å². The van der Waals surface area contributed by atoms with Crippen molar-refractivity contribution in [2.24, 2.45) is 5.92 Å². The Balaban J connectivity index is 2.27. The summed E-state index contributed by atoms with van der Waals surface area (Å²) >= 11 is 0. The highest BCUT2D eigenvalue weighted by molar-refractivity contribution is 7.89. The molecule has 2 aromatic rings. The summed E-state index contributed by atoms with van der Waals surface area (Å²) in [7, 11) is -3.06. The van der Waals surface area contributed by atoms with Gasteiger partial charge in [-0.3, -0.25) is 19.7 Å². The van der Waals surface area contributed by atoms with E-state index in [-0.39, 0.29) is 17.7 Å². The zero-order chi connectivity index (χ0) is 27.3. The van der Waals surface area contributed by atoms with Gasteiger partial charge in [-0.25, -0.2) is 17.5 Å². The lowest BCUT2D eigenvalue weighted by Crippen LogP contribution is -2.40. The highest BCUT2D eigenvalue weighted by Gasteiger charge is 2.33. The van der Waals surface area contributed by atoms with Crippen LogP contribution in [0.1, 0.15) is 39.7 Å². The maximum Gasteiger partial charge on any atom is 0.310 e. The smallest absolute Gasteiger partial charge is 0.310 e. The fourth-order valence-corrected chi connectivity index (χ4v) is 4.73. The van der Waals surface area contributed by atoms with Gasteiger partial charge in [0.05, 0.1) is 24.0 Å². The highest BCUT2D eigenvalue weighted by Crippen LogP contribution is 2.25. The average molecular weight is 525 g/mol. The number of halogens is 1. The van der Waals surface area contributed by atoms with Crippen molar-refractivity contribution in [3.05, 3.63) is 64.0 Å². The lowest BCUT2D eigenvalue weighted by Gasteiger charge is -2.24. The van der Waals surface area contributed by atoms with E-state index in [0.717, 1.165) is 18.2 Å². The Morgan fingerprint density at radius 3 is 2.36 bits per heavy atom. The second-order valence-corrected chi connectivity index (χ2v) is 10.8. The molecule has 0 saturated carbocycles. The van der Waals surface area contributed by atoms with Gasteiger partial charge in [0.1, 0.15) is 17.2 Å². The van der Waals surface area contributed by atoms with E-state index in [2.05, 4.69) is 4.72 Å². The number of nitro groups is 1. The van der Waals surface area contributed by atoms with Crippen molar-refractivity contribution in [3.63, 3.8) is 0 Å². The molecule has 10 nitrogen and oxygen atoms in total. The van der Waals surface area contributed by atoms with Gasteiger partial charge in [0, 0.05) is 18.6 Å². The van der Waals surface area contributed by atoms with Gasteiger partial charge in [0.25, 0.3) is 5.69 Å². The first-order valence-electron chi connectivity index (χ1n) is 11.0. The molecule has 1 N–H and O–H groups in total. The van der Waals surface area contributed by atoms with Gasteiger partial charge < -0.3 is 9.47 Å². The number of hydrogen-bond acceptors (Lipinski definition) is 8. The summed E-state index contributed by atoms with van der Waals surface area (Å²) in [6, 6.07) is 7.46. The van der Waals surface area contributed by atoms with Crippen molar-refractivity contribution in [3.8, 4) is 5.75 Å². The molecule has 36 heavy (non-hydrogen) atoms. The molecule has 0 aliphatic carbocycles. The van der Waals surface area contributed by atoms with Crippen LogP contribution in [-0.2, 0) is 30.8 Å². The van der Waals surface area contributed by atoms with E-state index in [1.54, 1.807) is 20.8 Å². The number of para-hydroxylation sites is 1. The standard InChI is InChI=1S/C24H29FN2O8S/c1-15(26-36(32,33)22-9-7-6-8-20(22)27(30)31)21(28)13-17(23(29)35-24(2,3)4)12-16-10-11-18(34-5)14-19(16)25/h6-11,14-15,17,26H,12-13H2,1-5H3/t15-,17+/m0/s1. The van der Waals surface area contributed by atoms with Crippen LogP contribution in [0.3, 0.4) is 0 Å². The molecule has 0 bridgehead atoms. The van der Waals surface area contributed by atoms with Gasteiger partial charge in [-0.2, -0.15) is 0 Å². The number of nitro benzene ring substituents is 1. The SMILES string of the molecule is COc1ccc(C[C@H](CC(=O)[C@H](C)NS(=O)(=O)c2ccccc2[N+](=O)[O-])C(=O)OC(C)(C)C)c(F)c1. The van der Waals surface area contributed by atoms with Crippen molar-refractivity contribution >= 4 is 27.5 Å². The summed E-state index contributed by atoms with van der Waals surface area (Å²) < 4.78 is 52.6. The van der Waals surface area contributed by atoms with Crippen molar-refractivity contribution in [1.29, 1.82) is 0 Å². The molecule has 0 amide bonds. The quantitative estimate of drug-likeness (QED) is 0.267. The molecule has 2 rings (SSSR count). The van der Waals surface area contributed by atoms with Crippen LogP contribution in [0.25, 0.3) is 0 Å². The Morgan fingerprint density at radius 1 is 1.17 bits per heavy atom. The molecular weight excluding hydrogens is 495 g/mol. The molecule has 2 atom stereocenters. The fourth-order valence-electron chi connectivity index (χ4n) is 3.33. The number of benzene rings is 2. The average Bonchev–Trinajstić information content (AvgIpc) is 2.78.